The first-order chi connectivity index (χ1) is 40.6. The van der Waals surface area contributed by atoms with Gasteiger partial charge in [0, 0.05) is 133 Å². The third-order valence-electron chi connectivity index (χ3n) is 17.8. The number of likely N-dealkylation sites (N-methyl/N-ethyl adjacent to an activating group) is 1. The molecule has 4 fully saturated rings. The zero-order valence-electron chi connectivity index (χ0n) is 51.9. The summed E-state index contributed by atoms with van der Waals surface area (Å²) in [7, 11) is 2.18. The van der Waals surface area contributed by atoms with Crippen molar-refractivity contribution in [2.75, 3.05) is 161 Å². The number of fused-ring (bicyclic) bond motifs is 4. The number of hydrogen-bond acceptors (Lipinski definition) is 14. The van der Waals surface area contributed by atoms with Crippen LogP contribution in [0.5, 0.6) is 23.0 Å². The van der Waals surface area contributed by atoms with Crippen LogP contribution in [-0.2, 0) is 4.74 Å². The average Bonchev–Trinajstić information content (AvgIpc) is 3.59. The number of rotatable bonds is 16. The number of nitrogens with zero attached hydrogens (tertiary/aromatic N) is 5. The maximum atomic E-state index is 6.11. The van der Waals surface area contributed by atoms with Crippen LogP contribution in [0, 0.1) is 55.4 Å². The van der Waals surface area contributed by atoms with E-state index in [1.165, 1.54) is 80.5 Å². The molecule has 8 aromatic rings. The Morgan fingerprint density at radius 3 is 0.917 bits per heavy atom. The second-order valence-corrected chi connectivity index (χ2v) is 23.6. The van der Waals surface area contributed by atoms with E-state index in [0.29, 0.717) is 13.2 Å². The fraction of sp³-hybridized carbons (Fsp3) is 0.515. The lowest BCUT2D eigenvalue weighted by molar-refractivity contribution is 0.0323. The zero-order valence-corrected chi connectivity index (χ0v) is 51.9. The van der Waals surface area contributed by atoms with Gasteiger partial charge in [-0.1, -0.05) is 6.42 Å². The van der Waals surface area contributed by atoms with E-state index in [4.69, 9.17) is 46.6 Å². The van der Waals surface area contributed by atoms with Crippen LogP contribution in [0.4, 0.5) is 22.7 Å². The number of piperazine rings is 1. The van der Waals surface area contributed by atoms with Crippen LogP contribution >= 0.6 is 0 Å². The molecule has 0 unspecified atom stereocenters. The van der Waals surface area contributed by atoms with Crippen LogP contribution in [0.2, 0.25) is 0 Å². The molecule has 18 nitrogen and oxygen atoms in total. The van der Waals surface area contributed by atoms with Gasteiger partial charge in [0.05, 0.1) is 35.3 Å². The van der Waals surface area contributed by atoms with Gasteiger partial charge in [-0.3, -0.25) is 19.6 Å². The molecule has 0 aliphatic carbocycles. The molecule has 0 atom stereocenters. The number of aromatic nitrogens is 4. The molecule has 0 spiro atoms. The van der Waals surface area contributed by atoms with E-state index in [1.54, 1.807) is 0 Å². The van der Waals surface area contributed by atoms with Crippen molar-refractivity contribution in [3.63, 3.8) is 0 Å². The molecule has 0 bridgehead atoms. The number of benzene rings is 4. The Labute approximate surface area is 497 Å². The number of morpholine rings is 1. The van der Waals surface area contributed by atoms with E-state index in [1.807, 2.05) is 48.5 Å². The molecule has 0 amide bonds. The Morgan fingerprint density at radius 1 is 0.357 bits per heavy atom. The SMILES string of the molecule is Cc1[nH]c2c(OCCN3CCCC3)ccc(N)c2c1C.Cc1[nH]c2c(OCCN3CCCCC3)ccc(N)c2c1C.Cc1[nH]c2c(OCCN3CCN(C)CC3)ccc(N)c2c1C.Cc1[nH]c2c(OCCN3CCOCC3)ccc(N)c2c1C. The van der Waals surface area contributed by atoms with Crippen molar-refractivity contribution in [1.29, 1.82) is 0 Å². The molecule has 0 radical (unpaired) electrons. The van der Waals surface area contributed by atoms with Gasteiger partial charge in [-0.25, -0.2) is 0 Å². The van der Waals surface area contributed by atoms with Crippen molar-refractivity contribution in [1.82, 2.24) is 44.4 Å². The minimum Gasteiger partial charge on any atom is -0.490 e. The van der Waals surface area contributed by atoms with E-state index in [9.17, 15) is 0 Å². The molecule has 4 saturated heterocycles. The van der Waals surface area contributed by atoms with Crippen molar-refractivity contribution < 1.29 is 23.7 Å². The van der Waals surface area contributed by atoms with Gasteiger partial charge in [0.1, 0.15) is 49.4 Å². The van der Waals surface area contributed by atoms with Gasteiger partial charge in [0.25, 0.3) is 0 Å². The van der Waals surface area contributed by atoms with Crippen LogP contribution < -0.4 is 41.9 Å². The third kappa shape index (κ3) is 15.0. The van der Waals surface area contributed by atoms with Gasteiger partial charge in [0.15, 0.2) is 0 Å². The van der Waals surface area contributed by atoms with E-state index in [-0.39, 0.29) is 0 Å². The molecule has 456 valence electrons. The highest BCUT2D eigenvalue weighted by atomic mass is 16.5. The lowest BCUT2D eigenvalue weighted by Gasteiger charge is -2.32. The lowest BCUT2D eigenvalue weighted by atomic mass is 10.1. The smallest absolute Gasteiger partial charge is 0.143 e. The van der Waals surface area contributed by atoms with E-state index < -0.39 is 0 Å². The van der Waals surface area contributed by atoms with Crippen molar-refractivity contribution in [2.45, 2.75) is 87.5 Å². The van der Waals surface area contributed by atoms with Crippen molar-refractivity contribution in [3.8, 4) is 23.0 Å². The van der Waals surface area contributed by atoms with Gasteiger partial charge in [-0.2, -0.15) is 0 Å². The molecule has 4 aromatic carbocycles. The highest BCUT2D eigenvalue weighted by Crippen LogP contribution is 2.37. The molecule has 12 rings (SSSR count). The predicted molar refractivity (Wildman–Crippen MR) is 348 cm³/mol. The van der Waals surface area contributed by atoms with Gasteiger partial charge in [-0.05, 0) is 185 Å². The Bertz CT molecular complexity index is 3310. The average molecular weight is 1150 g/mol. The number of likely N-dealkylation sites (tertiary alicyclic amines) is 2. The van der Waals surface area contributed by atoms with E-state index in [2.05, 4.69) is 107 Å². The minimum atomic E-state index is 0.677. The number of hydrogen-bond donors (Lipinski definition) is 8. The number of aryl methyl sites for hydroxylation is 8. The van der Waals surface area contributed by atoms with Crippen LogP contribution in [0.25, 0.3) is 43.6 Å². The maximum absolute atomic E-state index is 6.11. The summed E-state index contributed by atoms with van der Waals surface area (Å²) in [6, 6.07) is 15.6. The van der Waals surface area contributed by atoms with Crippen LogP contribution in [-0.4, -0.2) is 183 Å². The molecule has 4 aliphatic rings. The van der Waals surface area contributed by atoms with Gasteiger partial charge >= 0.3 is 0 Å². The molecule has 18 heteroatoms. The normalized spacial score (nSPS) is 16.6. The Morgan fingerprint density at radius 2 is 0.619 bits per heavy atom. The minimum absolute atomic E-state index is 0.677. The molecule has 4 aliphatic heterocycles. The Hall–Kier alpha value is -6.80. The standard InChI is InChI=1S/C17H26N4O.C17H25N3O.C16H23N3O2.C16H23N3O/c1-12-13(2)19-17-15(5-4-14(18)16(12)17)22-11-10-21-8-6-20(3)7-9-21;1-12-13(2)19-17-15(7-6-14(18)16(12)17)21-11-10-20-8-4-3-5-9-20;1-11-12(2)18-16-14(4-3-13(17)15(11)16)21-10-7-19-5-8-20-9-6-19;1-11-12(2)18-16-14(6-5-13(17)15(11)16)20-10-9-19-7-3-4-8-19/h4-5,19H,6-11,18H2,1-3H3;6-7,19H,3-5,8-11,18H2,1-2H3;3-4,18H,5-10,17H2,1-2H3;5-6,18H,3-4,7-10,17H2,1-2H3. The quantitative estimate of drug-likeness (QED) is 0.0421. The number of nitrogens with one attached hydrogen (secondary N) is 4. The zero-order chi connectivity index (χ0) is 59.4. The summed E-state index contributed by atoms with van der Waals surface area (Å²) < 4.78 is 29.3. The molecule has 0 saturated carbocycles. The fourth-order valence-electron chi connectivity index (χ4n) is 12.1. The Balaban J connectivity index is 0.000000134. The third-order valence-corrected chi connectivity index (χ3v) is 17.8. The fourth-order valence-corrected chi connectivity index (χ4v) is 12.1. The van der Waals surface area contributed by atoms with Gasteiger partial charge in [-0.15, -0.1) is 0 Å². The highest BCUT2D eigenvalue weighted by Gasteiger charge is 2.20. The van der Waals surface area contributed by atoms with Crippen LogP contribution in [0.15, 0.2) is 48.5 Å². The molecular weight excluding hydrogens is 1050 g/mol. The molecule has 12 N–H and O–H groups in total. The molecular formula is C66H97N13O5. The second kappa shape index (κ2) is 28.9. The number of aromatic amines is 4. The molecule has 4 aromatic heterocycles. The number of anilines is 4. The monoisotopic (exact) mass is 1150 g/mol. The van der Waals surface area contributed by atoms with E-state index in [0.717, 1.165) is 204 Å². The van der Waals surface area contributed by atoms with Crippen molar-refractivity contribution in [3.05, 3.63) is 93.6 Å². The van der Waals surface area contributed by atoms with Gasteiger partial charge < -0.3 is 71.5 Å². The topological polar surface area (TPSA) is 230 Å². The highest BCUT2D eigenvalue weighted by molar-refractivity contribution is 6.01. The van der Waals surface area contributed by atoms with Gasteiger partial charge in [0.2, 0.25) is 0 Å². The summed E-state index contributed by atoms with van der Waals surface area (Å²) in [5.41, 5.74) is 41.1. The molecule has 8 heterocycles. The first-order valence-electron chi connectivity index (χ1n) is 30.7. The largest absolute Gasteiger partial charge is 0.490 e. The maximum Gasteiger partial charge on any atom is 0.143 e. The second-order valence-electron chi connectivity index (χ2n) is 23.6. The number of ether oxygens (including phenoxy) is 5. The number of nitrogen functional groups attached to an aromatic ring is 4. The summed E-state index contributed by atoms with van der Waals surface area (Å²) in [6.45, 7) is 36.4. The van der Waals surface area contributed by atoms with Crippen LogP contribution in [0.1, 0.15) is 77.1 Å². The summed E-state index contributed by atoms with van der Waals surface area (Å²) >= 11 is 0. The number of piperidine rings is 1. The summed E-state index contributed by atoms with van der Waals surface area (Å²) in [5.74, 6) is 3.59. The number of H-pyrrole nitrogens is 4. The predicted octanol–water partition coefficient (Wildman–Crippen LogP) is 10.1. The molecule has 84 heavy (non-hydrogen) atoms. The van der Waals surface area contributed by atoms with Crippen molar-refractivity contribution in [2.24, 2.45) is 0 Å². The summed E-state index contributed by atoms with van der Waals surface area (Å²) in [5, 5.41) is 4.37. The summed E-state index contributed by atoms with van der Waals surface area (Å²) in [6.07, 6.45) is 6.65. The summed E-state index contributed by atoms with van der Waals surface area (Å²) in [4.78, 5) is 25.7. The first kappa shape index (κ1) is 61.8. The van der Waals surface area contributed by atoms with E-state index >= 15 is 0 Å². The first-order valence-corrected chi connectivity index (χ1v) is 30.7. The van der Waals surface area contributed by atoms with Crippen molar-refractivity contribution >= 4 is 66.4 Å². The van der Waals surface area contributed by atoms with Crippen LogP contribution in [0.3, 0.4) is 0 Å². The lowest BCUT2D eigenvalue weighted by Crippen LogP contribution is -2.45. The Kier molecular flexibility index (Phi) is 21.2. The number of nitrogens with two attached hydrogens (primary N) is 4.